The van der Waals surface area contributed by atoms with E-state index in [4.69, 9.17) is 19.2 Å². The molecule has 0 unspecified atom stereocenters. The van der Waals surface area contributed by atoms with Gasteiger partial charge in [0, 0.05) is 10.4 Å². The lowest BCUT2D eigenvalue weighted by atomic mass is 9.97. The van der Waals surface area contributed by atoms with E-state index in [1.54, 1.807) is 11.3 Å². The van der Waals surface area contributed by atoms with Gasteiger partial charge in [-0.15, -0.1) is 11.3 Å². The molecule has 0 atom stereocenters. The van der Waals surface area contributed by atoms with Crippen molar-refractivity contribution in [3.63, 3.8) is 0 Å². The molecular formula is C27H27BrN2O4S. The Morgan fingerprint density at radius 1 is 1.06 bits per heavy atom. The number of aryl methyl sites for hydroxylation is 3. The third-order valence-corrected chi connectivity index (χ3v) is 7.86. The minimum atomic E-state index is -0.0767. The summed E-state index contributed by atoms with van der Waals surface area (Å²) in [6, 6.07) is 11.7. The van der Waals surface area contributed by atoms with E-state index >= 15 is 0 Å². The molecule has 8 heteroatoms. The number of para-hydroxylation sites is 1. The lowest BCUT2D eigenvalue weighted by Gasteiger charge is -2.16. The second-order valence-electron chi connectivity index (χ2n) is 8.49. The average Bonchev–Trinajstić information content (AvgIpc) is 3.23. The molecule has 1 aliphatic carbocycles. The fraction of sp³-hybridized carbons (Fsp3) is 0.333. The Morgan fingerprint density at radius 3 is 2.69 bits per heavy atom. The van der Waals surface area contributed by atoms with Gasteiger partial charge in [0.25, 0.3) is 5.56 Å². The van der Waals surface area contributed by atoms with Crippen molar-refractivity contribution in [2.24, 2.45) is 0 Å². The summed E-state index contributed by atoms with van der Waals surface area (Å²) in [5.41, 5.74) is 2.95. The van der Waals surface area contributed by atoms with Crippen LogP contribution in [0.2, 0.25) is 0 Å². The van der Waals surface area contributed by atoms with Crippen LogP contribution in [0.25, 0.3) is 21.6 Å². The van der Waals surface area contributed by atoms with Crippen LogP contribution >= 0.6 is 27.3 Å². The number of fused-ring (bicyclic) bond motifs is 3. The van der Waals surface area contributed by atoms with Gasteiger partial charge in [-0.05, 0) is 84.8 Å². The van der Waals surface area contributed by atoms with Gasteiger partial charge >= 0.3 is 0 Å². The number of hydrogen-bond acceptors (Lipinski definition) is 6. The number of aromatic nitrogens is 2. The molecule has 0 saturated heterocycles. The quantitative estimate of drug-likeness (QED) is 0.253. The Kier molecular flexibility index (Phi) is 7.11. The highest BCUT2D eigenvalue weighted by atomic mass is 79.9. The second kappa shape index (κ2) is 10.4. The van der Waals surface area contributed by atoms with Gasteiger partial charge in [0.1, 0.15) is 29.6 Å². The minimum absolute atomic E-state index is 0.0767. The molecule has 1 aliphatic rings. The summed E-state index contributed by atoms with van der Waals surface area (Å²) in [5.74, 6) is 2.55. The molecule has 2 heterocycles. The van der Waals surface area contributed by atoms with E-state index in [0.717, 1.165) is 50.8 Å². The predicted octanol–water partition coefficient (Wildman–Crippen LogP) is 6.46. The van der Waals surface area contributed by atoms with Gasteiger partial charge in [0.2, 0.25) is 0 Å². The summed E-state index contributed by atoms with van der Waals surface area (Å²) in [6.45, 7) is 5.17. The topological polar surface area (TPSA) is 73.4 Å². The van der Waals surface area contributed by atoms with Crippen molar-refractivity contribution in [3.8, 4) is 28.6 Å². The smallest absolute Gasteiger partial charge is 0.260 e. The number of aromatic amines is 1. The Morgan fingerprint density at radius 2 is 1.86 bits per heavy atom. The zero-order chi connectivity index (χ0) is 24.4. The third kappa shape index (κ3) is 4.95. The van der Waals surface area contributed by atoms with E-state index in [9.17, 15) is 4.79 Å². The zero-order valence-electron chi connectivity index (χ0n) is 19.8. The maximum absolute atomic E-state index is 13.0. The third-order valence-electron chi connectivity index (χ3n) is 6.09. The summed E-state index contributed by atoms with van der Waals surface area (Å²) in [6.07, 6.45) is 4.29. The monoisotopic (exact) mass is 554 g/mol. The summed E-state index contributed by atoms with van der Waals surface area (Å²) >= 11 is 5.27. The van der Waals surface area contributed by atoms with Crippen molar-refractivity contribution >= 4 is 37.5 Å². The van der Waals surface area contributed by atoms with Gasteiger partial charge in [-0.3, -0.25) is 4.79 Å². The molecule has 35 heavy (non-hydrogen) atoms. The molecule has 4 aromatic rings. The lowest BCUT2D eigenvalue weighted by molar-refractivity contribution is 0.207. The number of H-pyrrole nitrogens is 1. The molecule has 0 saturated carbocycles. The molecular weight excluding hydrogens is 528 g/mol. The van der Waals surface area contributed by atoms with Crippen LogP contribution in [0.5, 0.6) is 17.2 Å². The first-order valence-corrected chi connectivity index (χ1v) is 13.5. The summed E-state index contributed by atoms with van der Waals surface area (Å²) in [7, 11) is 0. The lowest BCUT2D eigenvalue weighted by Crippen LogP contribution is -2.12. The van der Waals surface area contributed by atoms with Gasteiger partial charge in [-0.1, -0.05) is 18.2 Å². The van der Waals surface area contributed by atoms with Gasteiger partial charge in [-0.2, -0.15) is 0 Å². The summed E-state index contributed by atoms with van der Waals surface area (Å²) in [5, 5.41) is 0.756. The molecule has 0 radical (unpaired) electrons. The second-order valence-corrected chi connectivity index (χ2v) is 10.4. The number of thiophene rings is 1. The Hall–Kier alpha value is -2.84. The van der Waals surface area contributed by atoms with Crippen molar-refractivity contribution in [1.29, 1.82) is 0 Å². The Labute approximate surface area is 216 Å². The van der Waals surface area contributed by atoms with Crippen molar-refractivity contribution in [2.75, 3.05) is 19.8 Å². The summed E-state index contributed by atoms with van der Waals surface area (Å²) in [4.78, 5) is 22.9. The normalized spacial score (nSPS) is 13.0. The number of halogens is 1. The highest BCUT2D eigenvalue weighted by Gasteiger charge is 2.21. The van der Waals surface area contributed by atoms with Crippen LogP contribution in [-0.2, 0) is 12.8 Å². The first kappa shape index (κ1) is 23.9. The molecule has 0 aliphatic heterocycles. The van der Waals surface area contributed by atoms with Gasteiger partial charge < -0.3 is 19.2 Å². The number of nitrogens with one attached hydrogen (secondary N) is 1. The zero-order valence-corrected chi connectivity index (χ0v) is 22.2. The predicted molar refractivity (Wildman–Crippen MR) is 143 cm³/mol. The SMILES string of the molecule is CCOc1cc(-c2nc3sc4c(c3c(=O)[nH]2)CCCC4)cc(Br)c1OCCOc1ccccc1C. The van der Waals surface area contributed by atoms with Crippen LogP contribution in [0.4, 0.5) is 0 Å². The van der Waals surface area contributed by atoms with Crippen LogP contribution in [0, 0.1) is 6.92 Å². The maximum atomic E-state index is 13.0. The van der Waals surface area contributed by atoms with Crippen molar-refractivity contribution < 1.29 is 14.2 Å². The van der Waals surface area contributed by atoms with E-state index in [2.05, 4.69) is 20.9 Å². The van der Waals surface area contributed by atoms with E-state index < -0.39 is 0 Å². The average molecular weight is 555 g/mol. The van der Waals surface area contributed by atoms with E-state index in [1.807, 2.05) is 50.2 Å². The van der Waals surface area contributed by atoms with Crippen LogP contribution < -0.4 is 19.8 Å². The fourth-order valence-corrected chi connectivity index (χ4v) is 6.24. The minimum Gasteiger partial charge on any atom is -0.490 e. The Balaban J connectivity index is 1.40. The summed E-state index contributed by atoms with van der Waals surface area (Å²) < 4.78 is 18.5. The highest BCUT2D eigenvalue weighted by Crippen LogP contribution is 2.40. The molecule has 1 N–H and O–H groups in total. The Bertz CT molecular complexity index is 1430. The first-order valence-electron chi connectivity index (χ1n) is 11.9. The number of nitrogens with zero attached hydrogens (tertiary/aromatic N) is 1. The largest absolute Gasteiger partial charge is 0.490 e. The molecule has 2 aromatic heterocycles. The number of hydrogen-bond donors (Lipinski definition) is 1. The highest BCUT2D eigenvalue weighted by molar-refractivity contribution is 9.10. The number of benzene rings is 2. The van der Waals surface area contributed by atoms with E-state index in [0.29, 0.717) is 37.1 Å². The first-order chi connectivity index (χ1) is 17.0. The molecule has 182 valence electrons. The van der Waals surface area contributed by atoms with Crippen LogP contribution in [0.1, 0.15) is 35.8 Å². The molecule has 0 spiro atoms. The standard InChI is InChI=1S/C27H27BrN2O4S/c1-3-32-21-15-17(14-19(28)24(21)34-13-12-33-20-10-6-4-8-16(20)2)25-29-26(31)23-18-9-5-7-11-22(18)35-27(23)30-25/h4,6,8,10,14-15H,3,5,7,9,11-13H2,1-2H3,(H,29,30,31). The van der Waals surface area contributed by atoms with Gasteiger partial charge in [-0.25, -0.2) is 4.98 Å². The van der Waals surface area contributed by atoms with Gasteiger partial charge in [0.05, 0.1) is 16.5 Å². The fourth-order valence-electron chi connectivity index (χ4n) is 4.42. The molecule has 6 nitrogen and oxygen atoms in total. The van der Waals surface area contributed by atoms with Crippen molar-refractivity contribution in [2.45, 2.75) is 39.5 Å². The number of rotatable bonds is 8. The molecule has 0 bridgehead atoms. The van der Waals surface area contributed by atoms with E-state index in [-0.39, 0.29) is 5.56 Å². The van der Waals surface area contributed by atoms with Crippen molar-refractivity contribution in [3.05, 3.63) is 67.2 Å². The van der Waals surface area contributed by atoms with Crippen LogP contribution in [-0.4, -0.2) is 29.8 Å². The molecule has 5 rings (SSSR count). The maximum Gasteiger partial charge on any atom is 0.260 e. The molecule has 2 aromatic carbocycles. The number of ether oxygens (including phenoxy) is 3. The van der Waals surface area contributed by atoms with E-state index in [1.165, 1.54) is 16.9 Å². The van der Waals surface area contributed by atoms with Crippen molar-refractivity contribution in [1.82, 2.24) is 9.97 Å². The molecule has 0 fully saturated rings. The van der Waals surface area contributed by atoms with Crippen LogP contribution in [0.3, 0.4) is 0 Å². The van der Waals surface area contributed by atoms with Gasteiger partial charge in [0.15, 0.2) is 11.5 Å². The molecule has 0 amide bonds. The van der Waals surface area contributed by atoms with Crippen LogP contribution in [0.15, 0.2) is 45.7 Å².